The zero-order valence-electron chi connectivity index (χ0n) is 16.3. The fourth-order valence-corrected chi connectivity index (χ4v) is 4.20. The summed E-state index contributed by atoms with van der Waals surface area (Å²) >= 11 is 0. The second-order valence-electron chi connectivity index (χ2n) is 8.39. The molecule has 0 aromatic carbocycles. The van der Waals surface area contributed by atoms with Crippen LogP contribution in [0, 0.1) is 5.92 Å². The predicted molar refractivity (Wildman–Crippen MR) is 100.0 cm³/mol. The number of urea groups is 1. The first-order valence-corrected chi connectivity index (χ1v) is 10.1. The van der Waals surface area contributed by atoms with Gasteiger partial charge in [-0.25, -0.2) is 4.79 Å². The Morgan fingerprint density at radius 2 is 1.65 bits per heavy atom. The summed E-state index contributed by atoms with van der Waals surface area (Å²) in [5.74, 6) is 0.000971. The zero-order chi connectivity index (χ0) is 18.6. The number of nitrogens with zero attached hydrogens (tertiary/aromatic N) is 3. The number of nitrogens with one attached hydrogen (secondary N) is 1. The Hall–Kier alpha value is -1.34. The molecule has 7 heteroatoms. The third kappa shape index (κ3) is 4.68. The molecule has 1 atom stereocenters. The van der Waals surface area contributed by atoms with E-state index in [9.17, 15) is 9.59 Å². The number of piperidine rings is 1. The summed E-state index contributed by atoms with van der Waals surface area (Å²) in [6.07, 6.45) is 3.97. The molecular weight excluding hydrogens is 332 g/mol. The van der Waals surface area contributed by atoms with Crippen molar-refractivity contribution in [2.75, 3.05) is 59.0 Å². The van der Waals surface area contributed by atoms with E-state index >= 15 is 0 Å². The molecule has 3 aliphatic rings. The Morgan fingerprint density at radius 1 is 1.00 bits per heavy atom. The molecule has 3 amide bonds. The molecule has 0 aliphatic carbocycles. The van der Waals surface area contributed by atoms with Gasteiger partial charge in [0.1, 0.15) is 0 Å². The second kappa shape index (κ2) is 8.57. The van der Waals surface area contributed by atoms with Crippen molar-refractivity contribution < 1.29 is 14.3 Å². The van der Waals surface area contributed by atoms with E-state index in [1.165, 1.54) is 0 Å². The normalized spacial score (nSPS) is 25.4. The van der Waals surface area contributed by atoms with Crippen LogP contribution in [0.4, 0.5) is 4.79 Å². The van der Waals surface area contributed by atoms with Gasteiger partial charge in [-0.15, -0.1) is 0 Å². The van der Waals surface area contributed by atoms with E-state index in [2.05, 4.69) is 24.1 Å². The van der Waals surface area contributed by atoms with Crippen molar-refractivity contribution >= 4 is 11.9 Å². The first-order chi connectivity index (χ1) is 12.5. The first-order valence-electron chi connectivity index (χ1n) is 10.1. The van der Waals surface area contributed by atoms with Crippen molar-refractivity contribution in [2.24, 2.45) is 5.92 Å². The van der Waals surface area contributed by atoms with Crippen LogP contribution in [0.15, 0.2) is 0 Å². The van der Waals surface area contributed by atoms with Gasteiger partial charge in [-0.3, -0.25) is 9.69 Å². The number of likely N-dealkylation sites (tertiary alicyclic amines) is 2. The minimum Gasteiger partial charge on any atom is -0.379 e. The number of ether oxygens (including phenoxy) is 1. The summed E-state index contributed by atoms with van der Waals surface area (Å²) in [5, 5.41) is 3.15. The van der Waals surface area contributed by atoms with Crippen molar-refractivity contribution in [1.82, 2.24) is 20.0 Å². The van der Waals surface area contributed by atoms with Crippen molar-refractivity contribution in [1.29, 1.82) is 0 Å². The van der Waals surface area contributed by atoms with Gasteiger partial charge in [-0.2, -0.15) is 0 Å². The maximum Gasteiger partial charge on any atom is 0.320 e. The molecule has 3 rings (SSSR count). The Bertz CT molecular complexity index is 499. The highest BCUT2D eigenvalue weighted by molar-refractivity contribution is 5.81. The highest BCUT2D eigenvalue weighted by Gasteiger charge is 2.33. The van der Waals surface area contributed by atoms with Crippen LogP contribution in [0.3, 0.4) is 0 Å². The van der Waals surface area contributed by atoms with Crippen molar-refractivity contribution in [3.05, 3.63) is 0 Å². The maximum absolute atomic E-state index is 12.7. The molecular formula is C19H34N4O3. The highest BCUT2D eigenvalue weighted by Crippen LogP contribution is 2.21. The lowest BCUT2D eigenvalue weighted by Crippen LogP contribution is -2.56. The van der Waals surface area contributed by atoms with E-state index in [-0.39, 0.29) is 23.4 Å². The van der Waals surface area contributed by atoms with E-state index in [1.807, 2.05) is 9.80 Å². The number of carbonyl (C=O) groups is 2. The Kier molecular flexibility index (Phi) is 6.40. The number of hydrogen-bond acceptors (Lipinski definition) is 4. The van der Waals surface area contributed by atoms with Gasteiger partial charge in [0.05, 0.1) is 19.1 Å². The molecule has 0 radical (unpaired) electrons. The van der Waals surface area contributed by atoms with Gasteiger partial charge in [0, 0.05) is 51.4 Å². The monoisotopic (exact) mass is 366 g/mol. The van der Waals surface area contributed by atoms with Gasteiger partial charge in [0.2, 0.25) is 5.91 Å². The average Bonchev–Trinajstić information content (AvgIpc) is 3.21. The Balaban J connectivity index is 1.48. The quantitative estimate of drug-likeness (QED) is 0.810. The standard InChI is InChI=1S/C19H34N4O3/c1-19(2,23-10-12-26-13-11-23)15-20-17(24)16-6-5-9-22(14-16)18(25)21-7-3-4-8-21/h16H,3-15H2,1-2H3,(H,20,24)/t16-/m1/s1. The van der Waals surface area contributed by atoms with E-state index in [4.69, 9.17) is 4.74 Å². The summed E-state index contributed by atoms with van der Waals surface area (Å²) in [6.45, 7) is 11.3. The van der Waals surface area contributed by atoms with Gasteiger partial charge in [-0.05, 0) is 39.5 Å². The average molecular weight is 367 g/mol. The van der Waals surface area contributed by atoms with Crippen LogP contribution in [-0.4, -0.2) is 91.2 Å². The smallest absolute Gasteiger partial charge is 0.320 e. The largest absolute Gasteiger partial charge is 0.379 e. The third-order valence-electron chi connectivity index (χ3n) is 6.00. The fourth-order valence-electron chi connectivity index (χ4n) is 4.20. The van der Waals surface area contributed by atoms with Crippen molar-refractivity contribution in [3.8, 4) is 0 Å². The summed E-state index contributed by atoms with van der Waals surface area (Å²) in [7, 11) is 0. The molecule has 0 aromatic rings. The summed E-state index contributed by atoms with van der Waals surface area (Å²) in [5.41, 5.74) is -0.0842. The molecule has 3 saturated heterocycles. The number of morpholine rings is 1. The van der Waals surface area contributed by atoms with Crippen LogP contribution in [0.1, 0.15) is 39.5 Å². The van der Waals surface area contributed by atoms with Gasteiger partial charge in [-0.1, -0.05) is 0 Å². The maximum atomic E-state index is 12.7. The van der Waals surface area contributed by atoms with Crippen molar-refractivity contribution in [3.63, 3.8) is 0 Å². The molecule has 3 aliphatic heterocycles. The van der Waals surface area contributed by atoms with Gasteiger partial charge < -0.3 is 19.9 Å². The molecule has 148 valence electrons. The van der Waals surface area contributed by atoms with Crippen LogP contribution in [-0.2, 0) is 9.53 Å². The van der Waals surface area contributed by atoms with E-state index in [0.29, 0.717) is 13.1 Å². The van der Waals surface area contributed by atoms with Crippen LogP contribution in [0.5, 0.6) is 0 Å². The Morgan fingerprint density at radius 3 is 2.35 bits per heavy atom. The van der Waals surface area contributed by atoms with Gasteiger partial charge >= 0.3 is 6.03 Å². The molecule has 7 nitrogen and oxygen atoms in total. The molecule has 0 unspecified atom stereocenters. The topological polar surface area (TPSA) is 65.1 Å². The molecule has 3 heterocycles. The third-order valence-corrected chi connectivity index (χ3v) is 6.00. The van der Waals surface area contributed by atoms with E-state index in [1.54, 1.807) is 0 Å². The predicted octanol–water partition coefficient (Wildman–Crippen LogP) is 1.14. The summed E-state index contributed by atoms with van der Waals surface area (Å²) in [4.78, 5) is 31.5. The number of hydrogen-bond donors (Lipinski definition) is 1. The first kappa shape index (κ1) is 19.4. The molecule has 0 spiro atoms. The minimum atomic E-state index is -0.0872. The lowest BCUT2D eigenvalue weighted by Gasteiger charge is -2.41. The SMILES string of the molecule is CC(C)(CNC(=O)[C@@H]1CCCN(C(=O)N2CCCC2)C1)N1CCOCC1. The molecule has 1 N–H and O–H groups in total. The molecule has 26 heavy (non-hydrogen) atoms. The molecule has 0 bridgehead atoms. The number of amides is 3. The summed E-state index contributed by atoms with van der Waals surface area (Å²) < 4.78 is 5.42. The van der Waals surface area contributed by atoms with Gasteiger partial charge in [0.25, 0.3) is 0 Å². The highest BCUT2D eigenvalue weighted by atomic mass is 16.5. The fraction of sp³-hybridized carbons (Fsp3) is 0.895. The Labute approximate surface area is 157 Å². The van der Waals surface area contributed by atoms with E-state index < -0.39 is 0 Å². The van der Waals surface area contributed by atoms with Crippen molar-refractivity contribution in [2.45, 2.75) is 45.1 Å². The van der Waals surface area contributed by atoms with Crippen LogP contribution in [0.25, 0.3) is 0 Å². The second-order valence-corrected chi connectivity index (χ2v) is 8.39. The number of rotatable bonds is 4. The lowest BCUT2D eigenvalue weighted by atomic mass is 9.96. The van der Waals surface area contributed by atoms with E-state index in [0.717, 1.165) is 71.6 Å². The zero-order valence-corrected chi connectivity index (χ0v) is 16.3. The van der Waals surface area contributed by atoms with Gasteiger partial charge in [0.15, 0.2) is 0 Å². The lowest BCUT2D eigenvalue weighted by molar-refractivity contribution is -0.127. The minimum absolute atomic E-state index is 0.0842. The van der Waals surface area contributed by atoms with Crippen LogP contribution >= 0.6 is 0 Å². The van der Waals surface area contributed by atoms with Crippen LogP contribution in [0.2, 0.25) is 0 Å². The van der Waals surface area contributed by atoms with Crippen LogP contribution < -0.4 is 5.32 Å². The summed E-state index contributed by atoms with van der Waals surface area (Å²) in [6, 6.07) is 0.119. The molecule has 3 fully saturated rings. The molecule has 0 aromatic heterocycles. The number of carbonyl (C=O) groups excluding carboxylic acids is 2. The molecule has 0 saturated carbocycles.